The highest BCUT2D eigenvalue weighted by molar-refractivity contribution is 8.02. The largest absolute Gasteiger partial charge is 0.490 e. The van der Waals surface area contributed by atoms with Crippen LogP contribution in [0.1, 0.15) is 64.5 Å². The quantitative estimate of drug-likeness (QED) is 0.104. The molecule has 2 rings (SSSR count). The average molecular weight is 553 g/mol. The molecule has 0 bridgehead atoms. The monoisotopic (exact) mass is 552 g/mol. The number of benzene rings is 1. The van der Waals surface area contributed by atoms with Gasteiger partial charge < -0.3 is 9.64 Å². The molecule has 0 radical (unpaired) electrons. The van der Waals surface area contributed by atoms with Crippen molar-refractivity contribution in [2.45, 2.75) is 71.3 Å². The fourth-order valence-electron chi connectivity index (χ4n) is 3.97. The summed E-state index contributed by atoms with van der Waals surface area (Å²) in [5.41, 5.74) is 5.74. The number of ether oxygens (including phenoxy) is 1. The normalized spacial score (nSPS) is 18.5. The molecule has 1 aliphatic carbocycles. The van der Waals surface area contributed by atoms with E-state index in [1.54, 1.807) is 11.8 Å². The summed E-state index contributed by atoms with van der Waals surface area (Å²) in [5.74, 6) is 2.44. The Morgan fingerprint density at radius 2 is 2.11 bits per heavy atom. The summed E-state index contributed by atoms with van der Waals surface area (Å²) in [5, 5.41) is 9.63. The Labute approximate surface area is 239 Å². The lowest BCUT2D eigenvalue weighted by atomic mass is 9.92. The first-order valence-corrected chi connectivity index (χ1v) is 15.3. The third kappa shape index (κ3) is 11.7. The number of nitriles is 1. The second-order valence-corrected chi connectivity index (χ2v) is 12.1. The van der Waals surface area contributed by atoms with E-state index in [1.807, 2.05) is 50.2 Å². The topological polar surface area (TPSA) is 60.6 Å². The third-order valence-corrected chi connectivity index (χ3v) is 8.03. The molecule has 0 heterocycles. The van der Waals surface area contributed by atoms with Crippen molar-refractivity contribution >= 4 is 30.4 Å². The van der Waals surface area contributed by atoms with Gasteiger partial charge in [-0.15, -0.1) is 11.8 Å². The van der Waals surface area contributed by atoms with E-state index in [9.17, 15) is 5.26 Å². The Morgan fingerprint density at radius 1 is 1.32 bits per heavy atom. The van der Waals surface area contributed by atoms with Gasteiger partial charge in [0, 0.05) is 35.2 Å². The van der Waals surface area contributed by atoms with Crippen molar-refractivity contribution in [3.05, 3.63) is 75.4 Å². The van der Waals surface area contributed by atoms with Crippen LogP contribution < -0.4 is 9.46 Å². The van der Waals surface area contributed by atoms with E-state index in [0.717, 1.165) is 54.2 Å². The van der Waals surface area contributed by atoms with E-state index < -0.39 is 0 Å². The number of allylic oxidation sites excluding steroid dienone is 6. The summed E-state index contributed by atoms with van der Waals surface area (Å²) in [6, 6.07) is 8.58. The second kappa shape index (κ2) is 17.4. The van der Waals surface area contributed by atoms with Crippen LogP contribution in [0.2, 0.25) is 0 Å². The molecule has 1 N–H and O–H groups in total. The van der Waals surface area contributed by atoms with E-state index in [1.165, 1.54) is 16.7 Å². The van der Waals surface area contributed by atoms with Gasteiger partial charge in [-0.05, 0) is 97.5 Å². The molecule has 0 saturated heterocycles. The van der Waals surface area contributed by atoms with Crippen molar-refractivity contribution in [2.75, 3.05) is 26.4 Å². The van der Waals surface area contributed by atoms with Crippen LogP contribution in [0.5, 0.6) is 5.75 Å². The first-order valence-electron chi connectivity index (χ1n) is 13.3. The Bertz CT molecular complexity index is 1080. The highest BCUT2D eigenvalue weighted by Crippen LogP contribution is 2.36. The average Bonchev–Trinajstić information content (AvgIpc) is 2.86. The van der Waals surface area contributed by atoms with E-state index in [2.05, 4.69) is 73.6 Å². The van der Waals surface area contributed by atoms with Gasteiger partial charge in [-0.25, -0.2) is 0 Å². The standard InChI is InChI=1S/C31H44N4OS2/c1-23(2)36-30-15-13-26(19-28(30)20-32)22-37-31(21-33-5)29-11-9-8-10-24(3)18-27(29)14-12-25(4)34-38-17-16-35(6)7/h9-11,13,15,19,21,23,25,34H,5,8,12,14,16-18,22H2,1-4,6-7H3/b11-9?,24-10-,29-27+,31-21-. The molecule has 5 nitrogen and oxygen atoms in total. The molecule has 1 atom stereocenters. The van der Waals surface area contributed by atoms with Gasteiger partial charge in [0.15, 0.2) is 0 Å². The number of hydrogen-bond acceptors (Lipinski definition) is 7. The maximum absolute atomic E-state index is 9.63. The lowest BCUT2D eigenvalue weighted by molar-refractivity contribution is 0.241. The highest BCUT2D eigenvalue weighted by Gasteiger charge is 2.15. The van der Waals surface area contributed by atoms with Crippen LogP contribution in [0, 0.1) is 11.3 Å². The van der Waals surface area contributed by atoms with E-state index >= 15 is 0 Å². The van der Waals surface area contributed by atoms with Crippen molar-refractivity contribution in [3.8, 4) is 11.8 Å². The van der Waals surface area contributed by atoms with Crippen LogP contribution in [0.25, 0.3) is 0 Å². The molecule has 0 aromatic heterocycles. The van der Waals surface area contributed by atoms with Crippen LogP contribution in [0.3, 0.4) is 0 Å². The maximum Gasteiger partial charge on any atom is 0.137 e. The van der Waals surface area contributed by atoms with Gasteiger partial charge in [0.2, 0.25) is 0 Å². The zero-order chi connectivity index (χ0) is 27.9. The number of rotatable bonds is 15. The van der Waals surface area contributed by atoms with E-state index in [4.69, 9.17) is 4.74 Å². The van der Waals surface area contributed by atoms with Gasteiger partial charge in [-0.3, -0.25) is 9.71 Å². The minimum Gasteiger partial charge on any atom is -0.490 e. The molecular weight excluding hydrogens is 509 g/mol. The van der Waals surface area contributed by atoms with Gasteiger partial charge in [-0.2, -0.15) is 5.26 Å². The molecule has 1 unspecified atom stereocenters. The number of hydrogen-bond donors (Lipinski definition) is 1. The SMILES string of the molecule is C=N/C=C(SCc1ccc(OC(C)C)c(C#N)c1)/C1=C(\CCC(C)NSCCN(C)C)C/C(C)=C\CC=C1. The molecular formula is C31H44N4OS2. The lowest BCUT2D eigenvalue weighted by Gasteiger charge is -2.20. The van der Waals surface area contributed by atoms with Crippen molar-refractivity contribution in [3.63, 3.8) is 0 Å². The predicted molar refractivity (Wildman–Crippen MR) is 168 cm³/mol. The smallest absolute Gasteiger partial charge is 0.137 e. The molecule has 0 fully saturated rings. The highest BCUT2D eigenvalue weighted by atomic mass is 32.2. The summed E-state index contributed by atoms with van der Waals surface area (Å²) in [4.78, 5) is 7.49. The predicted octanol–water partition coefficient (Wildman–Crippen LogP) is 7.68. The number of aliphatic imine (C=N–C) groups is 1. The zero-order valence-electron chi connectivity index (χ0n) is 23.9. The van der Waals surface area contributed by atoms with Crippen molar-refractivity contribution in [2.24, 2.45) is 4.99 Å². The van der Waals surface area contributed by atoms with E-state index in [-0.39, 0.29) is 6.10 Å². The Balaban J connectivity index is 2.20. The Hall–Kier alpha value is -2.24. The minimum absolute atomic E-state index is 0.0269. The molecule has 7 heteroatoms. The third-order valence-electron chi connectivity index (χ3n) is 5.96. The molecule has 1 aromatic carbocycles. The van der Waals surface area contributed by atoms with Crippen molar-refractivity contribution in [1.82, 2.24) is 9.62 Å². The minimum atomic E-state index is 0.0269. The molecule has 0 saturated carbocycles. The Kier molecular flexibility index (Phi) is 14.6. The summed E-state index contributed by atoms with van der Waals surface area (Å²) in [6.07, 6.45) is 12.7. The number of thioether (sulfide) groups is 1. The van der Waals surface area contributed by atoms with Crippen LogP contribution in [-0.4, -0.2) is 50.2 Å². The maximum atomic E-state index is 9.63. The van der Waals surface area contributed by atoms with Gasteiger partial charge >= 0.3 is 0 Å². The summed E-state index contributed by atoms with van der Waals surface area (Å²) < 4.78 is 9.40. The summed E-state index contributed by atoms with van der Waals surface area (Å²) in [6.45, 7) is 13.2. The van der Waals surface area contributed by atoms with Crippen LogP contribution in [0.15, 0.2) is 69.2 Å². The van der Waals surface area contributed by atoms with Crippen LogP contribution in [-0.2, 0) is 5.75 Å². The molecule has 38 heavy (non-hydrogen) atoms. The first-order chi connectivity index (χ1) is 18.2. The van der Waals surface area contributed by atoms with Gasteiger partial charge in [0.25, 0.3) is 0 Å². The van der Waals surface area contributed by atoms with Gasteiger partial charge in [0.05, 0.1) is 11.7 Å². The number of nitrogens with one attached hydrogen (secondary N) is 1. The first kappa shape index (κ1) is 32.0. The van der Waals surface area contributed by atoms with Crippen molar-refractivity contribution in [1.29, 1.82) is 5.26 Å². The second-order valence-electron chi connectivity index (χ2n) is 10.2. The van der Waals surface area contributed by atoms with E-state index in [0.29, 0.717) is 17.4 Å². The molecule has 0 aliphatic heterocycles. The van der Waals surface area contributed by atoms with Crippen molar-refractivity contribution < 1.29 is 4.74 Å². The van der Waals surface area contributed by atoms with Crippen LogP contribution in [0.4, 0.5) is 0 Å². The molecule has 0 spiro atoms. The molecule has 1 aromatic rings. The van der Waals surface area contributed by atoms with Crippen LogP contribution >= 0.6 is 23.7 Å². The lowest BCUT2D eigenvalue weighted by Crippen LogP contribution is -2.22. The van der Waals surface area contributed by atoms with Gasteiger partial charge in [-0.1, -0.05) is 47.4 Å². The summed E-state index contributed by atoms with van der Waals surface area (Å²) >= 11 is 3.55. The zero-order valence-corrected chi connectivity index (χ0v) is 25.6. The fourth-order valence-corrected chi connectivity index (χ4v) is 5.97. The summed E-state index contributed by atoms with van der Waals surface area (Å²) in [7, 11) is 4.21. The molecule has 1 aliphatic rings. The van der Waals surface area contributed by atoms with Gasteiger partial charge in [0.1, 0.15) is 11.8 Å². The number of nitrogens with zero attached hydrogens (tertiary/aromatic N) is 3. The Morgan fingerprint density at radius 3 is 2.79 bits per heavy atom. The molecule has 206 valence electrons. The molecule has 0 amide bonds. The fraction of sp³-hybridized carbons (Fsp3) is 0.484.